The van der Waals surface area contributed by atoms with Crippen LogP contribution >= 0.6 is 0 Å². The number of aliphatic hydroxyl groups is 1. The second kappa shape index (κ2) is 7.25. The van der Waals surface area contributed by atoms with Crippen molar-refractivity contribution in [2.45, 2.75) is 46.4 Å². The first-order chi connectivity index (χ1) is 10.0. The van der Waals surface area contributed by atoms with Crippen LogP contribution in [0.4, 0.5) is 0 Å². The molecular weight excluding hydrogens is 266 g/mol. The number of ether oxygens (including phenoxy) is 2. The summed E-state index contributed by atoms with van der Waals surface area (Å²) in [6, 6.07) is 4.50. The minimum Gasteiger partial charge on any atom is -0.490 e. The van der Waals surface area contributed by atoms with E-state index in [9.17, 15) is 5.11 Å². The summed E-state index contributed by atoms with van der Waals surface area (Å²) in [7, 11) is 0. The van der Waals surface area contributed by atoms with Crippen molar-refractivity contribution in [2.75, 3.05) is 26.3 Å². The summed E-state index contributed by atoms with van der Waals surface area (Å²) in [4.78, 5) is 2.42. The molecule has 0 aliphatic carbocycles. The van der Waals surface area contributed by atoms with E-state index < -0.39 is 0 Å². The number of hydrogen-bond donors (Lipinski definition) is 1. The van der Waals surface area contributed by atoms with Gasteiger partial charge in [0, 0.05) is 19.1 Å². The van der Waals surface area contributed by atoms with Crippen molar-refractivity contribution < 1.29 is 14.6 Å². The van der Waals surface area contributed by atoms with Gasteiger partial charge in [-0.25, -0.2) is 0 Å². The molecule has 0 radical (unpaired) electrons. The molecule has 1 aromatic carbocycles. The Kier molecular flexibility index (Phi) is 5.62. The predicted molar refractivity (Wildman–Crippen MR) is 83.8 cm³/mol. The molecule has 1 aliphatic heterocycles. The van der Waals surface area contributed by atoms with Crippen molar-refractivity contribution in [2.24, 2.45) is 0 Å². The number of rotatable bonds is 5. The van der Waals surface area contributed by atoms with Crippen molar-refractivity contribution in [1.82, 2.24) is 4.90 Å². The molecule has 1 heterocycles. The van der Waals surface area contributed by atoms with E-state index in [2.05, 4.69) is 18.7 Å². The molecule has 0 spiro atoms. The molecule has 4 heteroatoms. The standard InChI is InChI=1S/C17H27NO3/c1-12(2)18-5-6-20-16(9-18)11-21-17-13(3)7-15(10-19)8-14(17)4/h7-8,12,16,19H,5-6,9-11H2,1-4H3. The van der Waals surface area contributed by atoms with Gasteiger partial charge in [-0.15, -0.1) is 0 Å². The van der Waals surface area contributed by atoms with E-state index in [1.165, 1.54) is 0 Å². The van der Waals surface area contributed by atoms with E-state index in [-0.39, 0.29) is 12.7 Å². The minimum absolute atomic E-state index is 0.0665. The third-order valence-electron chi connectivity index (χ3n) is 4.02. The minimum atomic E-state index is 0.0665. The van der Waals surface area contributed by atoms with E-state index in [1.54, 1.807) is 0 Å². The van der Waals surface area contributed by atoms with Crippen molar-refractivity contribution in [3.8, 4) is 5.75 Å². The second-order valence-corrected chi connectivity index (χ2v) is 6.11. The van der Waals surface area contributed by atoms with Gasteiger partial charge in [0.2, 0.25) is 0 Å². The van der Waals surface area contributed by atoms with Crippen LogP contribution < -0.4 is 4.74 Å². The lowest BCUT2D eigenvalue weighted by Crippen LogP contribution is -2.47. The molecular formula is C17H27NO3. The SMILES string of the molecule is Cc1cc(CO)cc(C)c1OCC1CN(C(C)C)CCO1. The Hall–Kier alpha value is -1.10. The molecule has 1 saturated heterocycles. The first-order valence-electron chi connectivity index (χ1n) is 7.70. The number of benzene rings is 1. The highest BCUT2D eigenvalue weighted by Gasteiger charge is 2.23. The third kappa shape index (κ3) is 4.19. The molecule has 4 nitrogen and oxygen atoms in total. The molecule has 1 N–H and O–H groups in total. The number of morpholine rings is 1. The summed E-state index contributed by atoms with van der Waals surface area (Å²) in [5, 5.41) is 9.23. The number of aryl methyl sites for hydroxylation is 2. The van der Waals surface area contributed by atoms with Crippen LogP contribution in [0, 0.1) is 13.8 Å². The Labute approximate surface area is 127 Å². The molecule has 21 heavy (non-hydrogen) atoms. The zero-order valence-corrected chi connectivity index (χ0v) is 13.6. The molecule has 1 fully saturated rings. The molecule has 0 amide bonds. The second-order valence-electron chi connectivity index (χ2n) is 6.11. The quantitative estimate of drug-likeness (QED) is 0.904. The maximum Gasteiger partial charge on any atom is 0.125 e. The number of aliphatic hydroxyl groups excluding tert-OH is 1. The highest BCUT2D eigenvalue weighted by molar-refractivity contribution is 5.43. The van der Waals surface area contributed by atoms with E-state index in [1.807, 2.05) is 26.0 Å². The van der Waals surface area contributed by atoms with Crippen molar-refractivity contribution >= 4 is 0 Å². The van der Waals surface area contributed by atoms with Crippen LogP contribution in [0.3, 0.4) is 0 Å². The van der Waals surface area contributed by atoms with Gasteiger partial charge in [0.25, 0.3) is 0 Å². The lowest BCUT2D eigenvalue weighted by Gasteiger charge is -2.35. The molecule has 1 unspecified atom stereocenters. The van der Waals surface area contributed by atoms with Gasteiger partial charge < -0.3 is 14.6 Å². The van der Waals surface area contributed by atoms with Gasteiger partial charge in [-0.2, -0.15) is 0 Å². The van der Waals surface area contributed by atoms with Crippen LogP contribution in [0.5, 0.6) is 5.75 Å². The van der Waals surface area contributed by atoms with E-state index in [4.69, 9.17) is 9.47 Å². The van der Waals surface area contributed by atoms with Gasteiger partial charge in [-0.05, 0) is 44.4 Å². The normalized spacial score (nSPS) is 20.0. The maximum atomic E-state index is 9.23. The molecule has 0 saturated carbocycles. The van der Waals surface area contributed by atoms with Gasteiger partial charge in [0.15, 0.2) is 0 Å². The fourth-order valence-corrected chi connectivity index (χ4v) is 2.85. The topological polar surface area (TPSA) is 41.9 Å². The Bertz CT molecular complexity index is 450. The monoisotopic (exact) mass is 293 g/mol. The molecule has 1 aromatic rings. The average Bonchev–Trinajstić information content (AvgIpc) is 2.46. The molecule has 2 rings (SSSR count). The van der Waals surface area contributed by atoms with Crippen molar-refractivity contribution in [3.63, 3.8) is 0 Å². The lowest BCUT2D eigenvalue weighted by molar-refractivity contribution is -0.0566. The van der Waals surface area contributed by atoms with Gasteiger partial charge in [0.05, 0.1) is 13.2 Å². The van der Waals surface area contributed by atoms with Crippen molar-refractivity contribution in [1.29, 1.82) is 0 Å². The summed E-state index contributed by atoms with van der Waals surface area (Å²) in [6.45, 7) is 11.8. The zero-order chi connectivity index (χ0) is 15.4. The molecule has 0 bridgehead atoms. The first-order valence-corrected chi connectivity index (χ1v) is 7.70. The van der Waals surface area contributed by atoms with Crippen LogP contribution in [0.25, 0.3) is 0 Å². The van der Waals surface area contributed by atoms with Gasteiger partial charge >= 0.3 is 0 Å². The Morgan fingerprint density at radius 3 is 2.57 bits per heavy atom. The summed E-state index contributed by atoms with van der Waals surface area (Å²) in [6.07, 6.45) is 0.123. The van der Waals surface area contributed by atoms with Gasteiger partial charge in [-0.3, -0.25) is 4.90 Å². The average molecular weight is 293 g/mol. The van der Waals surface area contributed by atoms with E-state index in [0.717, 1.165) is 42.1 Å². The Morgan fingerprint density at radius 2 is 2.00 bits per heavy atom. The Morgan fingerprint density at radius 1 is 1.33 bits per heavy atom. The summed E-state index contributed by atoms with van der Waals surface area (Å²) >= 11 is 0. The van der Waals surface area contributed by atoms with Crippen molar-refractivity contribution in [3.05, 3.63) is 28.8 Å². The van der Waals surface area contributed by atoms with E-state index in [0.29, 0.717) is 12.6 Å². The van der Waals surface area contributed by atoms with Crippen LogP contribution in [0.1, 0.15) is 30.5 Å². The third-order valence-corrected chi connectivity index (χ3v) is 4.02. The molecule has 118 valence electrons. The highest BCUT2D eigenvalue weighted by atomic mass is 16.5. The molecule has 1 atom stereocenters. The largest absolute Gasteiger partial charge is 0.490 e. The molecule has 0 aromatic heterocycles. The summed E-state index contributed by atoms with van der Waals surface area (Å²) in [5.74, 6) is 0.914. The smallest absolute Gasteiger partial charge is 0.125 e. The van der Waals surface area contributed by atoms with Crippen LogP contribution in [0.2, 0.25) is 0 Å². The predicted octanol–water partition coefficient (Wildman–Crippen LogP) is 2.28. The van der Waals surface area contributed by atoms with Crippen LogP contribution in [0.15, 0.2) is 12.1 Å². The summed E-state index contributed by atoms with van der Waals surface area (Å²) < 4.78 is 11.8. The first kappa shape index (κ1) is 16.3. The fourth-order valence-electron chi connectivity index (χ4n) is 2.85. The van der Waals surface area contributed by atoms with Crippen LogP contribution in [-0.2, 0) is 11.3 Å². The van der Waals surface area contributed by atoms with Crippen LogP contribution in [-0.4, -0.2) is 48.5 Å². The fraction of sp³-hybridized carbons (Fsp3) is 0.647. The van der Waals surface area contributed by atoms with Gasteiger partial charge in [-0.1, -0.05) is 12.1 Å². The number of hydrogen-bond acceptors (Lipinski definition) is 4. The number of nitrogens with zero attached hydrogens (tertiary/aromatic N) is 1. The van der Waals surface area contributed by atoms with Gasteiger partial charge in [0.1, 0.15) is 18.5 Å². The maximum absolute atomic E-state index is 9.23. The Balaban J connectivity index is 1.97. The zero-order valence-electron chi connectivity index (χ0n) is 13.6. The van der Waals surface area contributed by atoms with E-state index >= 15 is 0 Å². The highest BCUT2D eigenvalue weighted by Crippen LogP contribution is 2.25. The summed E-state index contributed by atoms with van der Waals surface area (Å²) in [5.41, 5.74) is 3.06. The lowest BCUT2D eigenvalue weighted by atomic mass is 10.1. The molecule has 1 aliphatic rings.